The average molecular weight is 619 g/mol. The van der Waals surface area contributed by atoms with Crippen LogP contribution in [-0.2, 0) is 29.5 Å². The number of pyridine rings is 2. The highest BCUT2D eigenvalue weighted by Crippen LogP contribution is 2.34. The van der Waals surface area contributed by atoms with Crippen LogP contribution in [0.4, 0.5) is 13.2 Å². The van der Waals surface area contributed by atoms with Crippen molar-refractivity contribution >= 4 is 40.1 Å². The molecule has 0 spiro atoms. The van der Waals surface area contributed by atoms with Crippen molar-refractivity contribution in [3.8, 4) is 17.0 Å². The Balaban J connectivity index is 0.000000517. The number of hydrogen-bond donors (Lipinski definition) is 1. The van der Waals surface area contributed by atoms with Crippen molar-refractivity contribution in [1.82, 2.24) is 19.7 Å². The van der Waals surface area contributed by atoms with Crippen molar-refractivity contribution in [2.45, 2.75) is 33.0 Å². The summed E-state index contributed by atoms with van der Waals surface area (Å²) < 4.78 is 45.6. The third-order valence-corrected chi connectivity index (χ3v) is 6.47. The van der Waals surface area contributed by atoms with Crippen LogP contribution in [0.15, 0.2) is 79.3 Å². The molecule has 0 bridgehead atoms. The minimum Gasteiger partial charge on any atom is -0.487 e. The van der Waals surface area contributed by atoms with E-state index in [0.717, 1.165) is 33.4 Å². The first-order valence-electron chi connectivity index (χ1n) is 12.3. The van der Waals surface area contributed by atoms with E-state index in [1.165, 1.54) is 0 Å². The number of carboxylic acids is 1. The van der Waals surface area contributed by atoms with Crippen molar-refractivity contribution in [2.75, 3.05) is 0 Å². The maximum absolute atomic E-state index is 10.6. The number of hydrogen-bond acceptors (Lipinski definition) is 6. The van der Waals surface area contributed by atoms with Gasteiger partial charge < -0.3 is 14.6 Å². The number of fused-ring (bicyclic) bond motifs is 1. The lowest BCUT2D eigenvalue weighted by atomic mass is 10.0. The van der Waals surface area contributed by atoms with Crippen LogP contribution < -0.4 is 4.74 Å². The Bertz CT molecular complexity index is 1660. The normalized spacial score (nSPS) is 11.2. The number of aryl methyl sites for hydroxylation is 1. The van der Waals surface area contributed by atoms with Gasteiger partial charge in [0.05, 0.1) is 22.3 Å². The first kappa shape index (κ1) is 30.8. The van der Waals surface area contributed by atoms with Gasteiger partial charge in [0.2, 0.25) is 0 Å². The molecule has 0 aliphatic carbocycles. The number of ether oxygens (including phenoxy) is 2. The lowest BCUT2D eigenvalue weighted by Crippen LogP contribution is -2.21. The highest BCUT2D eigenvalue weighted by Gasteiger charge is 2.38. The van der Waals surface area contributed by atoms with Crippen molar-refractivity contribution in [2.24, 2.45) is 0 Å². The van der Waals surface area contributed by atoms with Gasteiger partial charge in [0.1, 0.15) is 24.6 Å². The van der Waals surface area contributed by atoms with E-state index < -0.39 is 12.1 Å². The summed E-state index contributed by atoms with van der Waals surface area (Å²) in [5, 5.41) is 13.5. The maximum atomic E-state index is 10.6. The number of benzene rings is 2. The molecule has 3 aromatic heterocycles. The number of aromatic nitrogens is 4. The van der Waals surface area contributed by atoms with Gasteiger partial charge >= 0.3 is 12.1 Å². The summed E-state index contributed by atoms with van der Waals surface area (Å²) in [6.07, 6.45) is -0.204. The molecule has 0 aliphatic heterocycles. The van der Waals surface area contributed by atoms with Gasteiger partial charge in [-0.2, -0.15) is 18.3 Å². The molecule has 5 rings (SSSR count). The zero-order valence-electron chi connectivity index (χ0n) is 22.0. The van der Waals surface area contributed by atoms with Crippen LogP contribution in [0.25, 0.3) is 22.2 Å². The minimum atomic E-state index is -5.08. The molecule has 0 atom stereocenters. The summed E-state index contributed by atoms with van der Waals surface area (Å²) in [6, 6.07) is 20.0. The van der Waals surface area contributed by atoms with E-state index >= 15 is 0 Å². The summed E-state index contributed by atoms with van der Waals surface area (Å²) in [5.74, 6) is -2.12. The summed E-state index contributed by atoms with van der Waals surface area (Å²) >= 11 is 12.5. The largest absolute Gasteiger partial charge is 0.490 e. The van der Waals surface area contributed by atoms with E-state index in [0.29, 0.717) is 34.7 Å². The number of halogens is 5. The Hall–Kier alpha value is -4.19. The molecule has 0 saturated heterocycles. The monoisotopic (exact) mass is 618 g/mol. The molecule has 0 unspecified atom stereocenters. The molecule has 42 heavy (non-hydrogen) atoms. The fraction of sp³-hybridized carbons (Fsp3) is 0.172. The number of alkyl halides is 3. The maximum Gasteiger partial charge on any atom is 0.490 e. The lowest BCUT2D eigenvalue weighted by Gasteiger charge is -2.14. The molecule has 0 saturated carbocycles. The molecule has 13 heteroatoms. The number of aliphatic carboxylic acids is 1. The van der Waals surface area contributed by atoms with Crippen LogP contribution in [0.3, 0.4) is 0 Å². The van der Waals surface area contributed by atoms with E-state index in [1.807, 2.05) is 72.3 Å². The van der Waals surface area contributed by atoms with E-state index in [4.69, 9.17) is 47.6 Å². The molecular weight excluding hydrogens is 596 g/mol. The number of para-hydroxylation sites is 1. The van der Waals surface area contributed by atoms with Crippen LogP contribution in [-0.4, -0.2) is 37.0 Å². The molecular formula is C29H23Cl2F3N4O4. The second kappa shape index (κ2) is 13.6. The van der Waals surface area contributed by atoms with Crippen molar-refractivity contribution < 1.29 is 32.5 Å². The predicted octanol–water partition coefficient (Wildman–Crippen LogP) is 7.50. The summed E-state index contributed by atoms with van der Waals surface area (Å²) in [5.41, 5.74) is 5.34. The molecule has 0 aliphatic rings. The Morgan fingerprint density at radius 1 is 1.00 bits per heavy atom. The third kappa shape index (κ3) is 7.75. The predicted molar refractivity (Wildman–Crippen MR) is 151 cm³/mol. The van der Waals surface area contributed by atoms with E-state index in [2.05, 4.69) is 10.1 Å². The first-order chi connectivity index (χ1) is 20.0. The lowest BCUT2D eigenvalue weighted by molar-refractivity contribution is -0.192. The van der Waals surface area contributed by atoms with Gasteiger partial charge in [0.25, 0.3) is 0 Å². The first-order valence-corrected chi connectivity index (χ1v) is 13.0. The summed E-state index contributed by atoms with van der Waals surface area (Å²) in [6.45, 7) is 3.00. The molecule has 0 amide bonds. The summed E-state index contributed by atoms with van der Waals surface area (Å²) in [7, 11) is 0. The molecule has 8 nitrogen and oxygen atoms in total. The second-order valence-electron chi connectivity index (χ2n) is 8.82. The van der Waals surface area contributed by atoms with Gasteiger partial charge in [0, 0.05) is 40.8 Å². The molecule has 5 aromatic rings. The highest BCUT2D eigenvalue weighted by atomic mass is 35.5. The molecule has 218 valence electrons. The van der Waals surface area contributed by atoms with Gasteiger partial charge in [-0.1, -0.05) is 65.7 Å². The second-order valence-corrected chi connectivity index (χ2v) is 9.63. The topological polar surface area (TPSA) is 99.4 Å². The van der Waals surface area contributed by atoms with E-state index in [1.54, 1.807) is 18.6 Å². The molecule has 0 radical (unpaired) electrons. The quantitative estimate of drug-likeness (QED) is 0.192. The van der Waals surface area contributed by atoms with Crippen molar-refractivity contribution in [1.29, 1.82) is 0 Å². The Kier molecular flexibility index (Phi) is 10.00. The third-order valence-electron chi connectivity index (χ3n) is 5.82. The fourth-order valence-electron chi connectivity index (χ4n) is 3.89. The number of carboxylic acid groups (broad SMARTS) is 1. The van der Waals surface area contributed by atoms with Crippen LogP contribution in [0.5, 0.6) is 5.75 Å². The number of nitrogens with zero attached hydrogens (tertiary/aromatic N) is 4. The van der Waals surface area contributed by atoms with Gasteiger partial charge in [-0.25, -0.2) is 14.5 Å². The molecule has 1 N–H and O–H groups in total. The van der Waals surface area contributed by atoms with Crippen LogP contribution in [0.1, 0.15) is 16.8 Å². The van der Waals surface area contributed by atoms with Crippen LogP contribution >= 0.6 is 23.2 Å². The van der Waals surface area contributed by atoms with Crippen LogP contribution in [0, 0.1) is 6.92 Å². The number of carbonyl (C=O) groups is 1. The smallest absolute Gasteiger partial charge is 0.487 e. The van der Waals surface area contributed by atoms with Gasteiger partial charge in [-0.3, -0.25) is 4.98 Å². The molecule has 2 aromatic carbocycles. The zero-order chi connectivity index (χ0) is 30.3. The Morgan fingerprint density at radius 2 is 1.69 bits per heavy atom. The molecule has 0 fully saturated rings. The van der Waals surface area contributed by atoms with Gasteiger partial charge in [-0.15, -0.1) is 0 Å². The van der Waals surface area contributed by atoms with Crippen molar-refractivity contribution in [3.63, 3.8) is 0 Å². The summed E-state index contributed by atoms with van der Waals surface area (Å²) in [4.78, 5) is 17.7. The van der Waals surface area contributed by atoms with Gasteiger partial charge in [0.15, 0.2) is 0 Å². The Morgan fingerprint density at radius 3 is 2.36 bits per heavy atom. The number of rotatable bonds is 8. The SMILES string of the molecule is Cc1cc(-c2ccnn2COCc2ccccc2)c2cccc(OCc3c(Cl)cncc3Cl)c2n1.O=C(O)C(F)(F)F. The molecule has 3 heterocycles. The highest BCUT2D eigenvalue weighted by molar-refractivity contribution is 6.35. The standard InChI is InChI=1S/C27H22Cl2N4O2.C2HF3O2/c1-18-12-21(25-10-11-31-33(25)17-34-15-19-6-3-2-4-7-19)20-8-5-9-26(27(20)32-18)35-16-22-23(28)13-30-14-24(22)29;3-2(4,5)1(6)7/h2-14H,15-17H2,1H3;(H,6,7). The van der Waals surface area contributed by atoms with E-state index in [-0.39, 0.29) is 6.61 Å². The van der Waals surface area contributed by atoms with E-state index in [9.17, 15) is 13.2 Å². The van der Waals surface area contributed by atoms with Gasteiger partial charge in [-0.05, 0) is 30.7 Å². The average Bonchev–Trinajstić information content (AvgIpc) is 3.41. The van der Waals surface area contributed by atoms with Crippen LogP contribution in [0.2, 0.25) is 10.0 Å². The van der Waals surface area contributed by atoms with Crippen molar-refractivity contribution in [3.05, 3.63) is 106 Å². The Labute approximate surface area is 248 Å². The minimum absolute atomic E-state index is 0.204. The zero-order valence-corrected chi connectivity index (χ0v) is 23.5. The fourth-order valence-corrected chi connectivity index (χ4v) is 4.37.